The predicted octanol–water partition coefficient (Wildman–Crippen LogP) is 2.60. The Morgan fingerprint density at radius 1 is 1.20 bits per heavy atom. The molecule has 0 aliphatic heterocycles. The minimum atomic E-state index is -3.94. The Morgan fingerprint density at radius 3 is 2.50 bits per heavy atom. The van der Waals surface area contributed by atoms with Crippen LogP contribution in [0.3, 0.4) is 0 Å². The summed E-state index contributed by atoms with van der Waals surface area (Å²) in [6.07, 6.45) is 0. The summed E-state index contributed by atoms with van der Waals surface area (Å²) >= 11 is 0. The average Bonchev–Trinajstić information content (AvgIpc) is 2.45. The molecule has 0 atom stereocenters. The van der Waals surface area contributed by atoms with Crippen molar-refractivity contribution in [3.63, 3.8) is 0 Å². The minimum Gasteiger partial charge on any atom is -0.496 e. The summed E-state index contributed by atoms with van der Waals surface area (Å²) in [5, 5.41) is -0.304. The van der Waals surface area contributed by atoms with E-state index in [1.165, 1.54) is 19.2 Å². The first-order valence-corrected chi connectivity index (χ1v) is 7.97. The Balaban J connectivity index is 2.23. The molecule has 1 aromatic carbocycles. The maximum Gasteiger partial charge on any atom is 0.278 e. The van der Waals surface area contributed by atoms with Crippen molar-refractivity contribution in [3.8, 4) is 11.6 Å². The highest BCUT2D eigenvalue weighted by Gasteiger charge is 2.15. The lowest BCUT2D eigenvalue weighted by atomic mass is 10.2. The van der Waals surface area contributed by atoms with Crippen molar-refractivity contribution in [2.24, 2.45) is 0 Å². The van der Waals surface area contributed by atoms with Gasteiger partial charge in [-0.25, -0.2) is 13.4 Å². The number of hydrogen-bond acceptors (Lipinski definition) is 5. The van der Waals surface area contributed by atoms with Crippen molar-refractivity contribution >= 4 is 19.7 Å². The van der Waals surface area contributed by atoms with E-state index in [-0.39, 0.29) is 17.5 Å². The molecule has 0 N–H and O–H groups in total. The number of halogens is 1. The maximum absolute atomic E-state index is 11.3. The number of pyridine rings is 1. The second kappa shape index (κ2) is 6.11. The maximum atomic E-state index is 11.3. The van der Waals surface area contributed by atoms with E-state index in [1.807, 2.05) is 30.3 Å². The predicted molar refractivity (Wildman–Crippen MR) is 74.6 cm³/mol. The molecule has 20 heavy (non-hydrogen) atoms. The van der Waals surface area contributed by atoms with Crippen LogP contribution in [0.5, 0.6) is 11.6 Å². The lowest BCUT2D eigenvalue weighted by Crippen LogP contribution is -2.02. The normalized spacial score (nSPS) is 11.1. The summed E-state index contributed by atoms with van der Waals surface area (Å²) in [5.41, 5.74) is 0.937. The quantitative estimate of drug-likeness (QED) is 0.794. The van der Waals surface area contributed by atoms with Gasteiger partial charge in [-0.3, -0.25) is 0 Å². The van der Waals surface area contributed by atoms with E-state index in [0.29, 0.717) is 5.75 Å². The highest BCUT2D eigenvalue weighted by molar-refractivity contribution is 8.13. The molecule has 1 heterocycles. The van der Waals surface area contributed by atoms with Crippen LogP contribution in [0.4, 0.5) is 0 Å². The highest BCUT2D eigenvalue weighted by Crippen LogP contribution is 2.24. The molecule has 2 aromatic rings. The van der Waals surface area contributed by atoms with E-state index < -0.39 is 9.05 Å². The molecule has 0 amide bonds. The van der Waals surface area contributed by atoms with Gasteiger partial charge in [-0.15, -0.1) is 0 Å². The average molecular weight is 314 g/mol. The van der Waals surface area contributed by atoms with E-state index in [4.69, 9.17) is 20.2 Å². The molecule has 2 rings (SSSR count). The van der Waals surface area contributed by atoms with E-state index in [9.17, 15) is 8.42 Å². The minimum absolute atomic E-state index is 0.132. The lowest BCUT2D eigenvalue weighted by Gasteiger charge is -2.08. The number of hydrogen-bond donors (Lipinski definition) is 0. The monoisotopic (exact) mass is 313 g/mol. The molecule has 0 aliphatic carbocycles. The number of ether oxygens (including phenoxy) is 2. The van der Waals surface area contributed by atoms with Crippen LogP contribution < -0.4 is 9.47 Å². The van der Waals surface area contributed by atoms with Crippen LogP contribution in [-0.4, -0.2) is 20.5 Å². The van der Waals surface area contributed by atoms with Gasteiger partial charge in [0.05, 0.1) is 7.11 Å². The summed E-state index contributed by atoms with van der Waals surface area (Å²) in [7, 11) is 2.75. The molecule has 5 nitrogen and oxygen atoms in total. The third-order valence-electron chi connectivity index (χ3n) is 2.47. The fourth-order valence-corrected chi connectivity index (χ4v) is 2.20. The van der Waals surface area contributed by atoms with Gasteiger partial charge in [-0.05, 0) is 5.56 Å². The summed E-state index contributed by atoms with van der Waals surface area (Å²) < 4.78 is 33.1. The summed E-state index contributed by atoms with van der Waals surface area (Å²) in [5.74, 6) is 0.440. The summed E-state index contributed by atoms with van der Waals surface area (Å²) in [4.78, 5) is 3.85. The Labute approximate surface area is 121 Å². The van der Waals surface area contributed by atoms with Gasteiger partial charge in [-0.2, -0.15) is 0 Å². The van der Waals surface area contributed by atoms with E-state index in [1.54, 1.807) is 0 Å². The lowest BCUT2D eigenvalue weighted by molar-refractivity contribution is 0.288. The molecular formula is C13H12ClNO4S. The Bertz CT molecular complexity index is 689. The van der Waals surface area contributed by atoms with Crippen molar-refractivity contribution in [2.45, 2.75) is 11.6 Å². The zero-order chi connectivity index (χ0) is 14.6. The smallest absolute Gasteiger partial charge is 0.278 e. The van der Waals surface area contributed by atoms with Gasteiger partial charge in [-0.1, -0.05) is 30.3 Å². The van der Waals surface area contributed by atoms with Gasteiger partial charge in [0.15, 0.2) is 5.03 Å². The van der Waals surface area contributed by atoms with E-state index in [2.05, 4.69) is 4.98 Å². The molecule has 0 fully saturated rings. The third kappa shape index (κ3) is 3.85. The van der Waals surface area contributed by atoms with Crippen molar-refractivity contribution in [1.29, 1.82) is 0 Å². The van der Waals surface area contributed by atoms with Gasteiger partial charge in [0.1, 0.15) is 12.4 Å². The van der Waals surface area contributed by atoms with E-state index in [0.717, 1.165) is 5.56 Å². The highest BCUT2D eigenvalue weighted by atomic mass is 35.7. The largest absolute Gasteiger partial charge is 0.496 e. The number of methoxy groups -OCH3 is 1. The van der Waals surface area contributed by atoms with Gasteiger partial charge >= 0.3 is 0 Å². The molecule has 0 unspecified atom stereocenters. The van der Waals surface area contributed by atoms with Crippen LogP contribution in [0.1, 0.15) is 5.56 Å². The second-order valence-electron chi connectivity index (χ2n) is 3.90. The van der Waals surface area contributed by atoms with Crippen LogP contribution in [0.2, 0.25) is 0 Å². The Morgan fingerprint density at radius 2 is 1.90 bits per heavy atom. The van der Waals surface area contributed by atoms with Crippen LogP contribution >= 0.6 is 10.7 Å². The van der Waals surface area contributed by atoms with Crippen LogP contribution in [0.15, 0.2) is 47.5 Å². The fraction of sp³-hybridized carbons (Fsp3) is 0.154. The fourth-order valence-electron chi connectivity index (χ4n) is 1.51. The number of rotatable bonds is 5. The SMILES string of the molecule is COc1cc(OCc2ccccc2)nc(S(=O)(=O)Cl)c1. The molecule has 0 radical (unpaired) electrons. The zero-order valence-electron chi connectivity index (χ0n) is 10.6. The topological polar surface area (TPSA) is 65.5 Å². The van der Waals surface area contributed by atoms with Crippen molar-refractivity contribution < 1.29 is 17.9 Å². The first-order valence-electron chi connectivity index (χ1n) is 5.66. The molecule has 7 heteroatoms. The first kappa shape index (κ1) is 14.6. The van der Waals surface area contributed by atoms with Crippen molar-refractivity contribution in [1.82, 2.24) is 4.98 Å². The number of nitrogens with zero attached hydrogens (tertiary/aromatic N) is 1. The van der Waals surface area contributed by atoms with Gasteiger partial charge < -0.3 is 9.47 Å². The molecule has 1 aromatic heterocycles. The molecule has 0 saturated heterocycles. The Kier molecular flexibility index (Phi) is 4.46. The van der Waals surface area contributed by atoms with Crippen molar-refractivity contribution in [2.75, 3.05) is 7.11 Å². The Hall–Kier alpha value is -1.79. The molecule has 0 bridgehead atoms. The molecule has 0 aliphatic rings. The third-order valence-corrected chi connectivity index (χ3v) is 3.65. The van der Waals surface area contributed by atoms with Crippen LogP contribution in [-0.2, 0) is 15.7 Å². The second-order valence-corrected chi connectivity index (χ2v) is 6.41. The molecule has 0 spiro atoms. The van der Waals surface area contributed by atoms with E-state index >= 15 is 0 Å². The summed E-state index contributed by atoms with van der Waals surface area (Å²) in [6, 6.07) is 12.2. The number of aromatic nitrogens is 1. The van der Waals surface area contributed by atoms with Crippen molar-refractivity contribution in [3.05, 3.63) is 48.0 Å². The first-order chi connectivity index (χ1) is 9.49. The van der Waals surface area contributed by atoms with Crippen LogP contribution in [0.25, 0.3) is 0 Å². The van der Waals surface area contributed by atoms with Gasteiger partial charge in [0, 0.05) is 22.8 Å². The van der Waals surface area contributed by atoms with Crippen LogP contribution in [0, 0.1) is 0 Å². The molecule has 0 saturated carbocycles. The van der Waals surface area contributed by atoms with Gasteiger partial charge in [0.2, 0.25) is 5.88 Å². The molecular weight excluding hydrogens is 302 g/mol. The summed E-state index contributed by atoms with van der Waals surface area (Å²) in [6.45, 7) is 0.267. The standard InChI is InChI=1S/C13H12ClNO4S/c1-18-11-7-12(15-13(8-11)20(14,16)17)19-9-10-5-3-2-4-6-10/h2-8H,9H2,1H3. The zero-order valence-corrected chi connectivity index (χ0v) is 12.2. The van der Waals surface area contributed by atoms with Gasteiger partial charge in [0.25, 0.3) is 9.05 Å². The number of benzene rings is 1. The molecule has 106 valence electrons.